The van der Waals surface area contributed by atoms with Crippen LogP contribution >= 0.6 is 15.9 Å². The second-order valence-corrected chi connectivity index (χ2v) is 5.19. The highest BCUT2D eigenvalue weighted by atomic mass is 79.9. The topological polar surface area (TPSA) is 99.3 Å². The molecule has 18 heavy (non-hydrogen) atoms. The third-order valence-electron chi connectivity index (χ3n) is 3.01. The quantitative estimate of drug-likeness (QED) is 0.763. The fourth-order valence-corrected chi connectivity index (χ4v) is 1.92. The van der Waals surface area contributed by atoms with Gasteiger partial charge < -0.3 is 15.4 Å². The summed E-state index contributed by atoms with van der Waals surface area (Å²) in [4.78, 5) is 36.2. The molecule has 1 aliphatic rings. The van der Waals surface area contributed by atoms with Crippen molar-refractivity contribution in [1.82, 2.24) is 10.3 Å². The highest BCUT2D eigenvalue weighted by Crippen LogP contribution is 2.45. The van der Waals surface area contributed by atoms with Crippen molar-refractivity contribution in [2.24, 2.45) is 5.41 Å². The number of hydrogen-bond acceptors (Lipinski definition) is 3. The maximum atomic E-state index is 11.8. The molecule has 0 radical (unpaired) electrons. The first-order valence-corrected chi connectivity index (χ1v) is 6.14. The van der Waals surface area contributed by atoms with Gasteiger partial charge in [-0.25, -0.2) is 0 Å². The molecule has 1 aromatic rings. The number of aromatic nitrogens is 1. The van der Waals surface area contributed by atoms with Crippen molar-refractivity contribution in [1.29, 1.82) is 0 Å². The summed E-state index contributed by atoms with van der Waals surface area (Å²) in [5.41, 5.74) is -0.840. The molecule has 1 amide bonds. The van der Waals surface area contributed by atoms with E-state index in [1.165, 1.54) is 12.3 Å². The van der Waals surface area contributed by atoms with Gasteiger partial charge >= 0.3 is 5.97 Å². The van der Waals surface area contributed by atoms with Gasteiger partial charge in [-0.3, -0.25) is 14.4 Å². The average molecular weight is 315 g/mol. The van der Waals surface area contributed by atoms with Gasteiger partial charge in [0, 0.05) is 12.7 Å². The van der Waals surface area contributed by atoms with E-state index < -0.39 is 17.3 Å². The largest absolute Gasteiger partial charge is 0.481 e. The number of hydrogen-bond donors (Lipinski definition) is 3. The van der Waals surface area contributed by atoms with Crippen LogP contribution in [0.5, 0.6) is 0 Å². The second kappa shape index (κ2) is 4.56. The molecular formula is C11H11BrN2O4. The lowest BCUT2D eigenvalue weighted by Gasteiger charge is -2.11. The van der Waals surface area contributed by atoms with E-state index in [1.54, 1.807) is 0 Å². The van der Waals surface area contributed by atoms with Gasteiger partial charge in [0.05, 0.1) is 15.5 Å². The fraction of sp³-hybridized carbons (Fsp3) is 0.364. The molecule has 1 heterocycles. The average Bonchev–Trinajstić information content (AvgIpc) is 3.11. The number of carbonyl (C=O) groups is 2. The first-order valence-electron chi connectivity index (χ1n) is 5.34. The van der Waals surface area contributed by atoms with E-state index in [9.17, 15) is 14.4 Å². The minimum Gasteiger partial charge on any atom is -0.481 e. The van der Waals surface area contributed by atoms with Gasteiger partial charge in [-0.05, 0) is 34.8 Å². The number of nitrogens with one attached hydrogen (secondary N) is 2. The van der Waals surface area contributed by atoms with E-state index in [2.05, 4.69) is 26.2 Å². The summed E-state index contributed by atoms with van der Waals surface area (Å²) in [6.45, 7) is 0.109. The predicted octanol–water partition coefficient (Wildman–Crippen LogP) is 0.732. The number of aliphatic carboxylic acids is 1. The smallest absolute Gasteiger partial charge is 0.311 e. The van der Waals surface area contributed by atoms with Crippen LogP contribution in [-0.4, -0.2) is 28.5 Å². The first-order chi connectivity index (χ1) is 8.44. The fourth-order valence-electron chi connectivity index (χ4n) is 1.56. The molecule has 3 N–H and O–H groups in total. The Hall–Kier alpha value is -1.63. The van der Waals surface area contributed by atoms with Crippen molar-refractivity contribution in [3.05, 3.63) is 32.7 Å². The first kappa shape index (κ1) is 12.8. The lowest BCUT2D eigenvalue weighted by molar-refractivity contribution is -0.143. The molecule has 0 aromatic carbocycles. The van der Waals surface area contributed by atoms with Gasteiger partial charge in [-0.1, -0.05) is 0 Å². The number of amides is 1. The molecule has 96 valence electrons. The molecule has 0 atom stereocenters. The number of pyridine rings is 1. The zero-order valence-electron chi connectivity index (χ0n) is 9.33. The van der Waals surface area contributed by atoms with E-state index in [-0.39, 0.29) is 22.1 Å². The Morgan fingerprint density at radius 2 is 2.17 bits per heavy atom. The van der Waals surface area contributed by atoms with Crippen LogP contribution in [0.15, 0.2) is 21.5 Å². The molecule has 6 nitrogen and oxygen atoms in total. The second-order valence-electron chi connectivity index (χ2n) is 4.33. The molecule has 1 saturated carbocycles. The molecule has 1 aliphatic carbocycles. The van der Waals surface area contributed by atoms with Crippen molar-refractivity contribution in [3.8, 4) is 0 Å². The van der Waals surface area contributed by atoms with Gasteiger partial charge in [0.2, 0.25) is 0 Å². The molecule has 0 spiro atoms. The third-order valence-corrected chi connectivity index (χ3v) is 3.60. The monoisotopic (exact) mass is 314 g/mol. The van der Waals surface area contributed by atoms with E-state index >= 15 is 0 Å². The van der Waals surface area contributed by atoms with E-state index in [0.29, 0.717) is 12.8 Å². The van der Waals surface area contributed by atoms with Crippen molar-refractivity contribution < 1.29 is 14.7 Å². The van der Waals surface area contributed by atoms with E-state index in [1.807, 2.05) is 0 Å². The predicted molar refractivity (Wildman–Crippen MR) is 66.4 cm³/mol. The van der Waals surface area contributed by atoms with Gasteiger partial charge in [0.1, 0.15) is 0 Å². The lowest BCUT2D eigenvalue weighted by atomic mass is 10.1. The Labute approximate surface area is 111 Å². The van der Waals surface area contributed by atoms with Crippen LogP contribution in [0, 0.1) is 5.41 Å². The molecule has 0 bridgehead atoms. The number of aromatic amines is 1. The summed E-state index contributed by atoms with van der Waals surface area (Å²) in [6, 6.07) is 1.40. The third kappa shape index (κ3) is 2.45. The minimum absolute atomic E-state index is 0.109. The summed E-state index contributed by atoms with van der Waals surface area (Å²) >= 11 is 3.02. The van der Waals surface area contributed by atoms with Crippen LogP contribution in [0.2, 0.25) is 0 Å². The standard InChI is InChI=1S/C11H11BrN2O4/c12-7-3-6(4-13-9(7)16)8(15)14-5-11(1-2-11)10(17)18/h3-4H,1-2,5H2,(H,13,16)(H,14,15)(H,17,18). The van der Waals surface area contributed by atoms with Gasteiger partial charge in [0.25, 0.3) is 11.5 Å². The highest BCUT2D eigenvalue weighted by molar-refractivity contribution is 9.10. The molecule has 0 aliphatic heterocycles. The lowest BCUT2D eigenvalue weighted by Crippen LogP contribution is -2.34. The number of carboxylic acid groups (broad SMARTS) is 1. The van der Waals surface area contributed by atoms with Crippen molar-refractivity contribution in [2.45, 2.75) is 12.8 Å². The van der Waals surface area contributed by atoms with Crippen molar-refractivity contribution >= 4 is 27.8 Å². The number of rotatable bonds is 4. The van der Waals surface area contributed by atoms with Crippen molar-refractivity contribution in [3.63, 3.8) is 0 Å². The number of carbonyl (C=O) groups excluding carboxylic acids is 1. The molecule has 1 fully saturated rings. The van der Waals surface area contributed by atoms with Crippen molar-refractivity contribution in [2.75, 3.05) is 6.54 Å². The van der Waals surface area contributed by atoms with Gasteiger partial charge in [-0.15, -0.1) is 0 Å². The zero-order valence-corrected chi connectivity index (χ0v) is 10.9. The summed E-state index contributed by atoms with van der Waals surface area (Å²) < 4.78 is 0.259. The minimum atomic E-state index is -0.884. The van der Waals surface area contributed by atoms with Crippen LogP contribution in [0.25, 0.3) is 0 Å². The Morgan fingerprint density at radius 3 is 2.67 bits per heavy atom. The number of halogens is 1. The highest BCUT2D eigenvalue weighted by Gasteiger charge is 2.50. The maximum Gasteiger partial charge on any atom is 0.311 e. The molecule has 7 heteroatoms. The van der Waals surface area contributed by atoms with Gasteiger partial charge in [0.15, 0.2) is 0 Å². The Balaban J connectivity index is 2.02. The van der Waals surface area contributed by atoms with Gasteiger partial charge in [-0.2, -0.15) is 0 Å². The maximum absolute atomic E-state index is 11.8. The number of carboxylic acids is 1. The Bertz CT molecular complexity index is 562. The summed E-state index contributed by atoms with van der Waals surface area (Å²) in [5, 5.41) is 11.5. The van der Waals surface area contributed by atoms with Crippen LogP contribution < -0.4 is 10.9 Å². The summed E-state index contributed by atoms with van der Waals surface area (Å²) in [7, 11) is 0. The van der Waals surface area contributed by atoms with Crippen LogP contribution in [0.3, 0.4) is 0 Å². The summed E-state index contributed by atoms with van der Waals surface area (Å²) in [6.07, 6.45) is 2.46. The molecule has 0 unspecified atom stereocenters. The van der Waals surface area contributed by atoms with E-state index in [4.69, 9.17) is 5.11 Å². The SMILES string of the molecule is O=C(NCC1(C(=O)O)CC1)c1c[nH]c(=O)c(Br)c1. The Kier molecular flexibility index (Phi) is 3.25. The van der Waals surface area contributed by atoms with Crippen LogP contribution in [0.1, 0.15) is 23.2 Å². The Morgan fingerprint density at radius 1 is 1.50 bits per heavy atom. The molecular weight excluding hydrogens is 304 g/mol. The van der Waals surface area contributed by atoms with Crippen LogP contribution in [-0.2, 0) is 4.79 Å². The van der Waals surface area contributed by atoms with Crippen LogP contribution in [0.4, 0.5) is 0 Å². The summed E-state index contributed by atoms with van der Waals surface area (Å²) in [5.74, 6) is -1.29. The molecule has 0 saturated heterocycles. The number of H-pyrrole nitrogens is 1. The zero-order chi connectivity index (χ0) is 13.3. The molecule has 2 rings (SSSR count). The molecule has 1 aromatic heterocycles. The van der Waals surface area contributed by atoms with E-state index in [0.717, 1.165) is 0 Å². The normalized spacial score (nSPS) is 16.1.